The molecule has 0 radical (unpaired) electrons. The molecular formula is C15H12ClN3O5. The molecule has 2 N–H and O–H groups in total. The lowest BCUT2D eigenvalue weighted by atomic mass is 10.2. The van der Waals surface area contributed by atoms with E-state index in [1.165, 1.54) is 12.5 Å². The molecule has 124 valence electrons. The Hall–Kier alpha value is -3.00. The van der Waals surface area contributed by atoms with Gasteiger partial charge in [-0.05, 0) is 29.8 Å². The molecule has 2 amide bonds. The van der Waals surface area contributed by atoms with Gasteiger partial charge in [-0.15, -0.1) is 0 Å². The Morgan fingerprint density at radius 3 is 2.96 bits per heavy atom. The standard InChI is InChI=1S/C15H12ClN3O5/c16-11-4-9(5-12-13(11)24-8-23-12)6-18-19-15(21)14(20)17-7-10-2-1-3-22-10/h1-6H,7-8H2,(H,17,20)(H,19,21)/b18-6-. The third-order valence-electron chi connectivity index (χ3n) is 3.04. The van der Waals surface area contributed by atoms with Gasteiger partial charge < -0.3 is 19.2 Å². The molecule has 0 fully saturated rings. The molecule has 24 heavy (non-hydrogen) atoms. The number of hydrazone groups is 1. The van der Waals surface area contributed by atoms with Crippen LogP contribution < -0.4 is 20.2 Å². The summed E-state index contributed by atoms with van der Waals surface area (Å²) in [6.45, 7) is 0.211. The predicted molar refractivity (Wildman–Crippen MR) is 83.9 cm³/mol. The van der Waals surface area contributed by atoms with Crippen LogP contribution in [0.2, 0.25) is 5.02 Å². The molecule has 1 aromatic heterocycles. The van der Waals surface area contributed by atoms with Crippen molar-refractivity contribution >= 4 is 29.6 Å². The number of carbonyl (C=O) groups is 2. The number of hydrogen-bond donors (Lipinski definition) is 2. The number of hydrogen-bond acceptors (Lipinski definition) is 6. The summed E-state index contributed by atoms with van der Waals surface area (Å²) in [4.78, 5) is 23.2. The van der Waals surface area contributed by atoms with E-state index in [1.807, 2.05) is 0 Å². The quantitative estimate of drug-likeness (QED) is 0.494. The summed E-state index contributed by atoms with van der Waals surface area (Å²) in [5.74, 6) is -0.229. The van der Waals surface area contributed by atoms with E-state index in [2.05, 4.69) is 15.8 Å². The van der Waals surface area contributed by atoms with Gasteiger partial charge in [-0.2, -0.15) is 5.10 Å². The second-order valence-electron chi connectivity index (χ2n) is 4.70. The van der Waals surface area contributed by atoms with E-state index in [-0.39, 0.29) is 13.3 Å². The lowest BCUT2D eigenvalue weighted by Crippen LogP contribution is -2.37. The van der Waals surface area contributed by atoms with E-state index in [0.717, 1.165) is 0 Å². The van der Waals surface area contributed by atoms with Crippen LogP contribution in [0.4, 0.5) is 0 Å². The van der Waals surface area contributed by atoms with Gasteiger partial charge >= 0.3 is 11.8 Å². The zero-order valence-electron chi connectivity index (χ0n) is 12.2. The molecule has 3 rings (SSSR count). The minimum absolute atomic E-state index is 0.0994. The molecule has 0 aliphatic carbocycles. The number of carbonyl (C=O) groups excluding carboxylic acids is 2. The van der Waals surface area contributed by atoms with Crippen molar-refractivity contribution in [3.63, 3.8) is 0 Å². The maximum Gasteiger partial charge on any atom is 0.329 e. The van der Waals surface area contributed by atoms with Gasteiger partial charge in [0.05, 0.1) is 24.0 Å². The van der Waals surface area contributed by atoms with Gasteiger partial charge in [-0.25, -0.2) is 5.43 Å². The Bertz CT molecular complexity index is 789. The van der Waals surface area contributed by atoms with Crippen molar-refractivity contribution in [2.45, 2.75) is 6.54 Å². The maximum absolute atomic E-state index is 11.6. The first-order valence-electron chi connectivity index (χ1n) is 6.86. The van der Waals surface area contributed by atoms with Crippen LogP contribution in [0.5, 0.6) is 11.5 Å². The number of nitrogens with one attached hydrogen (secondary N) is 2. The molecule has 1 aliphatic heterocycles. The average Bonchev–Trinajstić information content (AvgIpc) is 3.23. The molecule has 0 saturated carbocycles. The lowest BCUT2D eigenvalue weighted by Gasteiger charge is -2.02. The molecule has 0 atom stereocenters. The van der Waals surface area contributed by atoms with Crippen LogP contribution in [-0.2, 0) is 16.1 Å². The summed E-state index contributed by atoms with van der Waals surface area (Å²) in [7, 11) is 0. The molecule has 2 heterocycles. The lowest BCUT2D eigenvalue weighted by molar-refractivity contribution is -0.139. The summed E-state index contributed by atoms with van der Waals surface area (Å²) in [6, 6.07) is 6.62. The number of rotatable bonds is 4. The van der Waals surface area contributed by atoms with Crippen LogP contribution in [0.15, 0.2) is 40.0 Å². The number of benzene rings is 1. The molecule has 0 unspecified atom stereocenters. The molecule has 2 aromatic rings. The highest BCUT2D eigenvalue weighted by molar-refractivity contribution is 6.35. The van der Waals surface area contributed by atoms with Gasteiger partial charge in [0.25, 0.3) is 0 Å². The smallest absolute Gasteiger partial charge is 0.329 e. The number of furan rings is 1. The Morgan fingerprint density at radius 2 is 2.17 bits per heavy atom. The van der Waals surface area contributed by atoms with E-state index >= 15 is 0 Å². The number of amides is 2. The molecule has 0 bridgehead atoms. The second-order valence-corrected chi connectivity index (χ2v) is 5.10. The van der Waals surface area contributed by atoms with Crippen molar-refractivity contribution in [2.24, 2.45) is 5.10 Å². The average molecular weight is 350 g/mol. The van der Waals surface area contributed by atoms with E-state index in [0.29, 0.717) is 27.8 Å². The summed E-state index contributed by atoms with van der Waals surface area (Å²) in [6.07, 6.45) is 2.81. The summed E-state index contributed by atoms with van der Waals surface area (Å²) in [5, 5.41) is 6.48. The minimum Gasteiger partial charge on any atom is -0.467 e. The Labute approximate surface area is 141 Å². The predicted octanol–water partition coefficient (Wildman–Crippen LogP) is 1.43. The summed E-state index contributed by atoms with van der Waals surface area (Å²) >= 11 is 6.03. The van der Waals surface area contributed by atoms with Gasteiger partial charge in [-0.3, -0.25) is 9.59 Å². The topological polar surface area (TPSA) is 102 Å². The molecule has 9 heteroatoms. The zero-order valence-corrected chi connectivity index (χ0v) is 13.0. The van der Waals surface area contributed by atoms with Crippen molar-refractivity contribution in [3.8, 4) is 11.5 Å². The largest absolute Gasteiger partial charge is 0.467 e. The summed E-state index contributed by atoms with van der Waals surface area (Å²) < 4.78 is 15.5. The Balaban J connectivity index is 1.53. The molecule has 1 aliphatic rings. The maximum atomic E-state index is 11.6. The van der Waals surface area contributed by atoms with Gasteiger partial charge in [0, 0.05) is 0 Å². The summed E-state index contributed by atoms with van der Waals surface area (Å²) in [5.41, 5.74) is 2.70. The van der Waals surface area contributed by atoms with Crippen molar-refractivity contribution in [1.82, 2.24) is 10.7 Å². The minimum atomic E-state index is -0.898. The first-order chi connectivity index (χ1) is 11.6. The van der Waals surface area contributed by atoms with Crippen LogP contribution in [0.25, 0.3) is 0 Å². The van der Waals surface area contributed by atoms with Gasteiger partial charge in [0.1, 0.15) is 5.76 Å². The van der Waals surface area contributed by atoms with Gasteiger partial charge in [0.2, 0.25) is 6.79 Å². The fraction of sp³-hybridized carbons (Fsp3) is 0.133. The van der Waals surface area contributed by atoms with E-state index in [9.17, 15) is 9.59 Å². The first-order valence-corrected chi connectivity index (χ1v) is 7.24. The van der Waals surface area contributed by atoms with Crippen LogP contribution in [0.3, 0.4) is 0 Å². The molecule has 1 aromatic carbocycles. The normalized spacial score (nSPS) is 12.4. The highest BCUT2D eigenvalue weighted by atomic mass is 35.5. The zero-order chi connectivity index (χ0) is 16.9. The number of fused-ring (bicyclic) bond motifs is 1. The SMILES string of the molecule is O=C(NCc1ccco1)C(=O)N/N=C\c1cc(Cl)c2c(c1)OCO2. The van der Waals surface area contributed by atoms with Gasteiger partial charge in [-0.1, -0.05) is 11.6 Å². The fourth-order valence-electron chi connectivity index (χ4n) is 1.94. The Kier molecular flexibility index (Phi) is 4.66. The molecule has 0 saturated heterocycles. The van der Waals surface area contributed by atoms with Crippen molar-refractivity contribution in [3.05, 3.63) is 46.9 Å². The first kappa shape index (κ1) is 15.9. The van der Waals surface area contributed by atoms with Crippen molar-refractivity contribution < 1.29 is 23.5 Å². The highest BCUT2D eigenvalue weighted by Crippen LogP contribution is 2.39. The van der Waals surface area contributed by atoms with Crippen LogP contribution in [0.1, 0.15) is 11.3 Å². The van der Waals surface area contributed by atoms with Crippen LogP contribution in [-0.4, -0.2) is 24.8 Å². The van der Waals surface area contributed by atoms with Gasteiger partial charge in [0.15, 0.2) is 11.5 Å². The van der Waals surface area contributed by atoms with Crippen molar-refractivity contribution in [1.29, 1.82) is 0 Å². The molecular weight excluding hydrogens is 338 g/mol. The second kappa shape index (κ2) is 7.05. The third kappa shape index (κ3) is 3.66. The monoisotopic (exact) mass is 349 g/mol. The number of halogens is 1. The molecule has 8 nitrogen and oxygen atoms in total. The Morgan fingerprint density at radius 1 is 1.29 bits per heavy atom. The van der Waals surface area contributed by atoms with E-state index < -0.39 is 11.8 Å². The number of nitrogens with zero attached hydrogens (tertiary/aromatic N) is 1. The molecule has 0 spiro atoms. The van der Waals surface area contributed by atoms with E-state index in [1.54, 1.807) is 24.3 Å². The highest BCUT2D eigenvalue weighted by Gasteiger charge is 2.18. The van der Waals surface area contributed by atoms with E-state index in [4.69, 9.17) is 25.5 Å². The fourth-order valence-corrected chi connectivity index (χ4v) is 2.21. The van der Waals surface area contributed by atoms with Crippen LogP contribution in [0, 0.1) is 0 Å². The third-order valence-corrected chi connectivity index (χ3v) is 3.32. The number of ether oxygens (including phenoxy) is 2. The van der Waals surface area contributed by atoms with Crippen LogP contribution >= 0.6 is 11.6 Å². The van der Waals surface area contributed by atoms with Crippen molar-refractivity contribution in [2.75, 3.05) is 6.79 Å².